The Morgan fingerprint density at radius 2 is 1.92 bits per heavy atom. The summed E-state index contributed by atoms with van der Waals surface area (Å²) in [6.45, 7) is 2.16. The molecule has 0 aliphatic heterocycles. The number of nitrogens with one attached hydrogen (secondary N) is 1. The number of hydrogen-bond acceptors (Lipinski definition) is 2. The maximum Gasteiger partial charge on any atom is 0.256 e. The summed E-state index contributed by atoms with van der Waals surface area (Å²) in [6.07, 6.45) is 0. The zero-order valence-electron chi connectivity index (χ0n) is 13.3. The molecule has 25 heavy (non-hydrogen) atoms. The van der Waals surface area contributed by atoms with Crippen LogP contribution in [0, 0.1) is 18.6 Å². The van der Waals surface area contributed by atoms with Crippen LogP contribution >= 0.6 is 11.6 Å². The molecule has 128 valence electrons. The lowest BCUT2D eigenvalue weighted by Gasteiger charge is -2.07. The summed E-state index contributed by atoms with van der Waals surface area (Å²) in [5.41, 5.74) is 1.70. The highest BCUT2D eigenvalue weighted by molar-refractivity contribution is 6.31. The minimum absolute atomic E-state index is 0.203. The summed E-state index contributed by atoms with van der Waals surface area (Å²) in [6, 6.07) is 11.2. The Morgan fingerprint density at radius 3 is 2.64 bits per heavy atom. The monoisotopic (exact) mass is 361 g/mol. The number of halogens is 3. The summed E-state index contributed by atoms with van der Waals surface area (Å²) in [5.74, 6) is -1.01. The summed E-state index contributed by atoms with van der Waals surface area (Å²) < 4.78 is 28.0. The molecule has 0 aliphatic rings. The fraction of sp³-hybridized carbons (Fsp3) is 0.111. The van der Waals surface area contributed by atoms with E-state index in [0.29, 0.717) is 22.9 Å². The zero-order valence-corrected chi connectivity index (χ0v) is 14.0. The van der Waals surface area contributed by atoms with Crippen LogP contribution in [0.2, 0.25) is 5.02 Å². The van der Waals surface area contributed by atoms with Crippen molar-refractivity contribution in [3.63, 3.8) is 0 Å². The lowest BCUT2D eigenvalue weighted by atomic mass is 10.2. The van der Waals surface area contributed by atoms with Crippen LogP contribution in [-0.4, -0.2) is 15.7 Å². The highest BCUT2D eigenvalue weighted by atomic mass is 35.5. The third-order valence-electron chi connectivity index (χ3n) is 3.64. The van der Waals surface area contributed by atoms with Crippen LogP contribution in [0.25, 0.3) is 0 Å². The lowest BCUT2D eigenvalue weighted by Crippen LogP contribution is -2.13. The molecule has 3 rings (SSSR count). The third-order valence-corrected chi connectivity index (χ3v) is 4.00. The topological polar surface area (TPSA) is 46.9 Å². The van der Waals surface area contributed by atoms with Gasteiger partial charge in [-0.2, -0.15) is 5.10 Å². The van der Waals surface area contributed by atoms with E-state index in [4.69, 9.17) is 11.6 Å². The van der Waals surface area contributed by atoms with E-state index in [1.165, 1.54) is 30.3 Å². The Balaban J connectivity index is 1.77. The predicted molar refractivity (Wildman–Crippen MR) is 91.8 cm³/mol. The quantitative estimate of drug-likeness (QED) is 0.747. The molecule has 0 atom stereocenters. The predicted octanol–water partition coefficient (Wildman–Crippen LogP) is 4.42. The molecule has 1 amide bonds. The fourth-order valence-corrected chi connectivity index (χ4v) is 2.59. The molecule has 4 nitrogen and oxygen atoms in total. The number of carbonyl (C=O) groups is 1. The molecule has 0 fully saturated rings. The number of amides is 1. The number of nitrogens with zero attached hydrogens (tertiary/aromatic N) is 2. The van der Waals surface area contributed by atoms with E-state index in [1.807, 2.05) is 6.92 Å². The second-order valence-corrected chi connectivity index (χ2v) is 5.94. The highest BCUT2D eigenvalue weighted by Crippen LogP contribution is 2.20. The lowest BCUT2D eigenvalue weighted by molar-refractivity contribution is 0.102. The molecule has 2 aromatic carbocycles. The number of carbonyl (C=O) groups excluding carboxylic acids is 1. The van der Waals surface area contributed by atoms with Crippen LogP contribution in [0.4, 0.5) is 14.6 Å². The minimum atomic E-state index is -0.486. The van der Waals surface area contributed by atoms with Gasteiger partial charge in [-0.15, -0.1) is 0 Å². The average Bonchev–Trinajstić information content (AvgIpc) is 2.89. The van der Waals surface area contributed by atoms with Crippen molar-refractivity contribution in [2.75, 3.05) is 5.32 Å². The van der Waals surface area contributed by atoms with Crippen LogP contribution in [0.3, 0.4) is 0 Å². The number of rotatable bonds is 4. The molecule has 0 aliphatic carbocycles. The third kappa shape index (κ3) is 4.03. The van der Waals surface area contributed by atoms with Gasteiger partial charge in [-0.1, -0.05) is 23.7 Å². The van der Waals surface area contributed by atoms with E-state index in [9.17, 15) is 13.6 Å². The average molecular weight is 362 g/mol. The molecule has 0 saturated heterocycles. The van der Waals surface area contributed by atoms with Crippen LogP contribution in [0.5, 0.6) is 0 Å². The molecular weight excluding hydrogens is 348 g/mol. The van der Waals surface area contributed by atoms with Crippen LogP contribution in [0.1, 0.15) is 21.6 Å². The standard InChI is InChI=1S/C18H14ClF2N3O/c1-11-7-17(22-18(25)12-3-2-4-14(20)8-12)23-24(11)10-13-5-6-15(21)9-16(13)19/h2-9H,10H2,1H3,(H,22,23,25). The van der Waals surface area contributed by atoms with Crippen LogP contribution in [-0.2, 0) is 6.54 Å². The minimum Gasteiger partial charge on any atom is -0.305 e. The number of benzene rings is 2. The Labute approximate surface area is 148 Å². The van der Waals surface area contributed by atoms with Gasteiger partial charge in [0.1, 0.15) is 11.6 Å². The van der Waals surface area contributed by atoms with Gasteiger partial charge in [0, 0.05) is 22.3 Å². The second kappa shape index (κ2) is 7.03. The molecule has 0 bridgehead atoms. The summed E-state index contributed by atoms with van der Waals surface area (Å²) in [4.78, 5) is 12.1. The first-order valence-electron chi connectivity index (χ1n) is 7.47. The van der Waals surface area contributed by atoms with E-state index >= 15 is 0 Å². The van der Waals surface area contributed by atoms with Crippen molar-refractivity contribution in [3.8, 4) is 0 Å². The normalized spacial score (nSPS) is 10.7. The van der Waals surface area contributed by atoms with E-state index in [0.717, 1.165) is 11.8 Å². The second-order valence-electron chi connectivity index (χ2n) is 5.53. The van der Waals surface area contributed by atoms with Crippen LogP contribution < -0.4 is 5.32 Å². The summed E-state index contributed by atoms with van der Waals surface area (Å²) in [7, 11) is 0. The fourth-order valence-electron chi connectivity index (χ4n) is 2.36. The van der Waals surface area contributed by atoms with Crippen molar-refractivity contribution < 1.29 is 13.6 Å². The molecule has 3 aromatic rings. The van der Waals surface area contributed by atoms with Gasteiger partial charge in [0.25, 0.3) is 5.91 Å². The first kappa shape index (κ1) is 17.1. The van der Waals surface area contributed by atoms with Gasteiger partial charge >= 0.3 is 0 Å². The van der Waals surface area contributed by atoms with Crippen molar-refractivity contribution in [3.05, 3.63) is 82.0 Å². The van der Waals surface area contributed by atoms with Crippen LogP contribution in [0.15, 0.2) is 48.5 Å². The van der Waals surface area contributed by atoms with Crippen molar-refractivity contribution in [2.45, 2.75) is 13.5 Å². The maximum atomic E-state index is 13.2. The zero-order chi connectivity index (χ0) is 18.0. The molecule has 0 radical (unpaired) electrons. The largest absolute Gasteiger partial charge is 0.305 e. The molecular formula is C18H14ClF2N3O. The molecule has 1 aromatic heterocycles. The number of aryl methyl sites for hydroxylation is 1. The first-order valence-corrected chi connectivity index (χ1v) is 7.85. The summed E-state index contributed by atoms with van der Waals surface area (Å²) in [5, 5.41) is 7.23. The van der Waals surface area contributed by atoms with Gasteiger partial charge in [0.15, 0.2) is 5.82 Å². The van der Waals surface area contributed by atoms with Crippen molar-refractivity contribution in [1.82, 2.24) is 9.78 Å². The summed E-state index contributed by atoms with van der Waals surface area (Å²) >= 11 is 6.03. The van der Waals surface area contributed by atoms with Gasteiger partial charge in [0.2, 0.25) is 0 Å². The SMILES string of the molecule is Cc1cc(NC(=O)c2cccc(F)c2)nn1Cc1ccc(F)cc1Cl. The van der Waals surface area contributed by atoms with E-state index in [1.54, 1.807) is 16.8 Å². The Morgan fingerprint density at radius 1 is 1.16 bits per heavy atom. The highest BCUT2D eigenvalue weighted by Gasteiger charge is 2.12. The van der Waals surface area contributed by atoms with Crippen molar-refractivity contribution in [2.24, 2.45) is 0 Å². The van der Waals surface area contributed by atoms with Gasteiger partial charge < -0.3 is 5.32 Å². The Kier molecular flexibility index (Phi) is 4.81. The number of aromatic nitrogens is 2. The van der Waals surface area contributed by atoms with Crippen molar-refractivity contribution >= 4 is 23.3 Å². The van der Waals surface area contributed by atoms with E-state index in [-0.39, 0.29) is 5.56 Å². The first-order chi connectivity index (χ1) is 11.9. The number of hydrogen-bond donors (Lipinski definition) is 1. The van der Waals surface area contributed by atoms with Gasteiger partial charge in [0.05, 0.1) is 6.54 Å². The molecule has 7 heteroatoms. The molecule has 1 heterocycles. The Hall–Kier alpha value is -2.73. The van der Waals surface area contributed by atoms with Gasteiger partial charge in [-0.3, -0.25) is 9.48 Å². The van der Waals surface area contributed by atoms with E-state index in [2.05, 4.69) is 10.4 Å². The number of anilines is 1. The molecule has 0 spiro atoms. The molecule has 1 N–H and O–H groups in total. The van der Waals surface area contributed by atoms with Gasteiger partial charge in [-0.25, -0.2) is 8.78 Å². The smallest absolute Gasteiger partial charge is 0.256 e. The molecule has 0 saturated carbocycles. The maximum absolute atomic E-state index is 13.2. The molecule has 0 unspecified atom stereocenters. The van der Waals surface area contributed by atoms with Gasteiger partial charge in [-0.05, 0) is 42.8 Å². The Bertz CT molecular complexity index is 940. The van der Waals surface area contributed by atoms with Crippen molar-refractivity contribution in [1.29, 1.82) is 0 Å². The van der Waals surface area contributed by atoms with E-state index < -0.39 is 17.5 Å².